The number of ether oxygens (including phenoxy) is 1. The standard InChI is InChI=1S/C23H17F2N3O5S/c24-22(25)33-14-7-5-13(6-8-14)11-18-21(31)28(23(32)34-18)10-9-26-20(30)16-12-27-17-4-2-1-3-15(17)19(16)29/h1-8,11-12,22H,9-10H2,(H,26,30)(H,27,29). The summed E-state index contributed by atoms with van der Waals surface area (Å²) in [6, 6.07) is 12.4. The average molecular weight is 485 g/mol. The lowest BCUT2D eigenvalue weighted by Gasteiger charge is -2.13. The second kappa shape index (κ2) is 9.87. The van der Waals surface area contributed by atoms with Crippen molar-refractivity contribution in [2.45, 2.75) is 6.61 Å². The van der Waals surface area contributed by atoms with E-state index in [0.717, 1.165) is 16.7 Å². The van der Waals surface area contributed by atoms with E-state index in [4.69, 9.17) is 0 Å². The predicted octanol–water partition coefficient (Wildman–Crippen LogP) is 3.60. The maximum Gasteiger partial charge on any atom is 0.387 e. The molecule has 1 aliphatic rings. The molecule has 2 heterocycles. The Hall–Kier alpha value is -3.99. The first-order chi connectivity index (χ1) is 16.3. The van der Waals surface area contributed by atoms with Gasteiger partial charge in [-0.15, -0.1) is 0 Å². The molecule has 1 aliphatic heterocycles. The zero-order chi connectivity index (χ0) is 24.2. The van der Waals surface area contributed by atoms with Crippen LogP contribution in [-0.2, 0) is 4.79 Å². The van der Waals surface area contributed by atoms with Gasteiger partial charge in [-0.25, -0.2) is 0 Å². The first kappa shape index (κ1) is 23.2. The number of carbonyl (C=O) groups is 3. The van der Waals surface area contributed by atoms with Gasteiger partial charge in [0.15, 0.2) is 0 Å². The van der Waals surface area contributed by atoms with E-state index < -0.39 is 29.1 Å². The number of H-pyrrole nitrogens is 1. The molecule has 1 saturated heterocycles. The van der Waals surface area contributed by atoms with Crippen LogP contribution in [0.4, 0.5) is 13.6 Å². The zero-order valence-corrected chi connectivity index (χ0v) is 18.2. The number of nitrogens with zero attached hydrogens (tertiary/aromatic N) is 1. The SMILES string of the molecule is O=C(NCCN1C(=O)SC(=Cc2ccc(OC(F)F)cc2)C1=O)c1c[nH]c2ccccc2c1=O. The highest BCUT2D eigenvalue weighted by molar-refractivity contribution is 8.18. The maximum atomic E-state index is 12.6. The van der Waals surface area contributed by atoms with E-state index in [1.807, 2.05) is 0 Å². The van der Waals surface area contributed by atoms with Crippen molar-refractivity contribution < 1.29 is 27.9 Å². The van der Waals surface area contributed by atoms with Crippen molar-refractivity contribution in [1.29, 1.82) is 0 Å². The summed E-state index contributed by atoms with van der Waals surface area (Å²) in [7, 11) is 0. The molecule has 4 rings (SSSR count). The summed E-state index contributed by atoms with van der Waals surface area (Å²) in [6.45, 7) is -3.07. The van der Waals surface area contributed by atoms with Gasteiger partial charge in [0, 0.05) is 30.2 Å². The third kappa shape index (κ3) is 4.99. The molecule has 0 atom stereocenters. The van der Waals surface area contributed by atoms with E-state index in [2.05, 4.69) is 15.0 Å². The molecule has 0 unspecified atom stereocenters. The molecule has 174 valence electrons. The van der Waals surface area contributed by atoms with Crippen LogP contribution in [0.25, 0.3) is 17.0 Å². The summed E-state index contributed by atoms with van der Waals surface area (Å²) < 4.78 is 28.8. The molecule has 2 N–H and O–H groups in total. The molecule has 8 nitrogen and oxygen atoms in total. The molecule has 11 heteroatoms. The molecule has 0 saturated carbocycles. The van der Waals surface area contributed by atoms with E-state index in [0.29, 0.717) is 16.5 Å². The Morgan fingerprint density at radius 3 is 2.59 bits per heavy atom. The van der Waals surface area contributed by atoms with Gasteiger partial charge in [-0.1, -0.05) is 24.3 Å². The number of halogens is 2. The van der Waals surface area contributed by atoms with Crippen molar-refractivity contribution in [3.63, 3.8) is 0 Å². The van der Waals surface area contributed by atoms with Crippen LogP contribution >= 0.6 is 11.8 Å². The summed E-state index contributed by atoms with van der Waals surface area (Å²) in [5.41, 5.74) is 0.624. The summed E-state index contributed by atoms with van der Waals surface area (Å²) in [5.74, 6) is -1.19. The van der Waals surface area contributed by atoms with Gasteiger partial charge in [0.05, 0.1) is 4.91 Å². The molecule has 34 heavy (non-hydrogen) atoms. The molecule has 3 amide bonds. The number of amides is 3. The van der Waals surface area contributed by atoms with E-state index in [1.54, 1.807) is 24.3 Å². The van der Waals surface area contributed by atoms with Gasteiger partial charge in [0.1, 0.15) is 11.3 Å². The number of aromatic nitrogens is 1. The van der Waals surface area contributed by atoms with Gasteiger partial charge in [0.2, 0.25) is 5.43 Å². The van der Waals surface area contributed by atoms with Crippen LogP contribution in [0.5, 0.6) is 5.75 Å². The molecule has 3 aromatic rings. The molecule has 0 spiro atoms. The Kier molecular flexibility index (Phi) is 6.73. The van der Waals surface area contributed by atoms with E-state index in [9.17, 15) is 28.0 Å². The molecule has 1 aromatic heterocycles. The quantitative estimate of drug-likeness (QED) is 0.495. The Morgan fingerprint density at radius 1 is 1.12 bits per heavy atom. The molecular weight excluding hydrogens is 468 g/mol. The smallest absolute Gasteiger partial charge is 0.387 e. The van der Waals surface area contributed by atoms with Crippen LogP contribution in [0.2, 0.25) is 0 Å². The maximum absolute atomic E-state index is 12.6. The summed E-state index contributed by atoms with van der Waals surface area (Å²) in [5, 5.41) is 2.42. The first-order valence-electron chi connectivity index (χ1n) is 10.0. The Balaban J connectivity index is 1.37. The number of aromatic amines is 1. The number of carbonyl (C=O) groups excluding carboxylic acids is 3. The van der Waals surface area contributed by atoms with Gasteiger partial charge < -0.3 is 15.0 Å². The predicted molar refractivity (Wildman–Crippen MR) is 123 cm³/mol. The third-order valence-corrected chi connectivity index (χ3v) is 5.84. The van der Waals surface area contributed by atoms with Crippen molar-refractivity contribution in [2.24, 2.45) is 0 Å². The minimum atomic E-state index is -2.94. The molecule has 1 fully saturated rings. The monoisotopic (exact) mass is 485 g/mol. The number of fused-ring (bicyclic) bond motifs is 1. The first-order valence-corrected chi connectivity index (χ1v) is 10.8. The van der Waals surface area contributed by atoms with E-state index in [-0.39, 0.29) is 29.3 Å². The Bertz CT molecular complexity index is 1350. The summed E-state index contributed by atoms with van der Waals surface area (Å²) in [4.78, 5) is 53.9. The van der Waals surface area contributed by atoms with Crippen LogP contribution < -0.4 is 15.5 Å². The summed E-state index contributed by atoms with van der Waals surface area (Å²) in [6.07, 6.45) is 2.78. The lowest BCUT2D eigenvalue weighted by Crippen LogP contribution is -2.38. The zero-order valence-electron chi connectivity index (χ0n) is 17.4. The number of pyridine rings is 1. The molecule has 0 aliphatic carbocycles. The lowest BCUT2D eigenvalue weighted by atomic mass is 10.1. The number of nitrogens with one attached hydrogen (secondary N) is 2. The van der Waals surface area contributed by atoms with Crippen molar-refractivity contribution in [1.82, 2.24) is 15.2 Å². The third-order valence-electron chi connectivity index (χ3n) is 4.93. The van der Waals surface area contributed by atoms with Gasteiger partial charge >= 0.3 is 6.61 Å². The van der Waals surface area contributed by atoms with E-state index >= 15 is 0 Å². The largest absolute Gasteiger partial charge is 0.435 e. The fourth-order valence-corrected chi connectivity index (χ4v) is 4.17. The van der Waals surface area contributed by atoms with Crippen LogP contribution in [0, 0.1) is 0 Å². The number of hydrogen-bond donors (Lipinski definition) is 2. The topological polar surface area (TPSA) is 109 Å². The number of alkyl halides is 2. The lowest BCUT2D eigenvalue weighted by molar-refractivity contribution is -0.122. The minimum Gasteiger partial charge on any atom is -0.435 e. The Labute approximate surface area is 195 Å². The van der Waals surface area contributed by atoms with Crippen LogP contribution in [-0.4, -0.2) is 46.6 Å². The van der Waals surface area contributed by atoms with Crippen molar-refractivity contribution in [3.8, 4) is 5.75 Å². The van der Waals surface area contributed by atoms with Crippen LogP contribution in [0.15, 0.2) is 64.4 Å². The van der Waals surface area contributed by atoms with Crippen molar-refractivity contribution in [2.75, 3.05) is 13.1 Å². The second-order valence-corrected chi connectivity index (χ2v) is 8.11. The fraction of sp³-hybridized carbons (Fsp3) is 0.130. The van der Waals surface area contributed by atoms with Crippen molar-refractivity contribution >= 4 is 45.8 Å². The highest BCUT2D eigenvalue weighted by Gasteiger charge is 2.34. The Morgan fingerprint density at radius 2 is 1.85 bits per heavy atom. The van der Waals surface area contributed by atoms with E-state index in [1.165, 1.54) is 36.5 Å². The normalized spacial score (nSPS) is 14.9. The van der Waals surface area contributed by atoms with Gasteiger partial charge in [-0.3, -0.25) is 24.1 Å². The highest BCUT2D eigenvalue weighted by atomic mass is 32.2. The van der Waals surface area contributed by atoms with Gasteiger partial charge in [-0.05, 0) is 47.7 Å². The molecule has 2 aromatic carbocycles. The number of benzene rings is 2. The van der Waals surface area contributed by atoms with Gasteiger partial charge in [-0.2, -0.15) is 8.78 Å². The number of rotatable bonds is 7. The number of hydrogen-bond acceptors (Lipinski definition) is 6. The number of thioether (sulfide) groups is 1. The molecular formula is C23H17F2N3O5S. The van der Waals surface area contributed by atoms with Crippen molar-refractivity contribution in [3.05, 3.63) is 81.0 Å². The number of para-hydroxylation sites is 1. The summed E-state index contributed by atoms with van der Waals surface area (Å²) >= 11 is 0.730. The van der Waals surface area contributed by atoms with Gasteiger partial charge in [0.25, 0.3) is 17.1 Å². The second-order valence-electron chi connectivity index (χ2n) is 7.11. The molecule has 0 radical (unpaired) electrons. The molecule has 0 bridgehead atoms. The van der Waals surface area contributed by atoms with Crippen LogP contribution in [0.3, 0.4) is 0 Å². The highest BCUT2D eigenvalue weighted by Crippen LogP contribution is 2.32. The van der Waals surface area contributed by atoms with Crippen LogP contribution in [0.1, 0.15) is 15.9 Å². The number of imide groups is 1. The minimum absolute atomic E-state index is 0.0266. The fourth-order valence-electron chi connectivity index (χ4n) is 3.30. The average Bonchev–Trinajstić information content (AvgIpc) is 3.07.